The lowest BCUT2D eigenvalue weighted by Crippen LogP contribution is -1.81. The van der Waals surface area contributed by atoms with Crippen LogP contribution in [-0.2, 0) is 0 Å². The lowest BCUT2D eigenvalue weighted by molar-refractivity contribution is 0.109. The summed E-state index contributed by atoms with van der Waals surface area (Å²) >= 11 is 3.71. The standard InChI is InChI=1S/C11H8O2S/c12-11(14)9-6-10(13-7-9)8-4-2-1-3-5-8/h1-7H,(H,12,14). The van der Waals surface area contributed by atoms with Crippen molar-refractivity contribution in [2.75, 3.05) is 0 Å². The molecule has 0 amide bonds. The van der Waals surface area contributed by atoms with Gasteiger partial charge in [-0.1, -0.05) is 30.3 Å². The monoisotopic (exact) mass is 204 g/mol. The molecule has 1 aromatic carbocycles. The Kier molecular flexibility index (Phi) is 2.41. The average Bonchev–Trinajstić information content (AvgIpc) is 2.68. The van der Waals surface area contributed by atoms with Gasteiger partial charge in [0.15, 0.2) is 0 Å². The molecule has 0 saturated heterocycles. The predicted molar refractivity (Wildman–Crippen MR) is 57.5 cm³/mol. The summed E-state index contributed by atoms with van der Waals surface area (Å²) in [6, 6.07) is 11.3. The van der Waals surface area contributed by atoms with E-state index in [-0.39, 0.29) is 5.12 Å². The summed E-state index contributed by atoms with van der Waals surface area (Å²) in [5.74, 6) is 0.683. The molecule has 14 heavy (non-hydrogen) atoms. The van der Waals surface area contributed by atoms with Gasteiger partial charge in [0, 0.05) is 5.56 Å². The number of rotatable bonds is 2. The SMILES string of the molecule is O=C(S)c1coc(-c2ccccc2)c1. The molecule has 1 heterocycles. The van der Waals surface area contributed by atoms with Crippen molar-refractivity contribution in [2.45, 2.75) is 0 Å². The van der Waals surface area contributed by atoms with Gasteiger partial charge in [-0.05, 0) is 6.07 Å². The van der Waals surface area contributed by atoms with Crippen LogP contribution in [0.2, 0.25) is 0 Å². The third kappa shape index (κ3) is 1.72. The summed E-state index contributed by atoms with van der Waals surface area (Å²) in [6.07, 6.45) is 1.41. The van der Waals surface area contributed by atoms with Gasteiger partial charge in [-0.3, -0.25) is 4.79 Å². The highest BCUT2D eigenvalue weighted by atomic mass is 32.1. The molecule has 0 aliphatic rings. The van der Waals surface area contributed by atoms with Gasteiger partial charge >= 0.3 is 0 Å². The van der Waals surface area contributed by atoms with Crippen molar-refractivity contribution in [3.63, 3.8) is 0 Å². The quantitative estimate of drug-likeness (QED) is 0.762. The summed E-state index contributed by atoms with van der Waals surface area (Å²) in [4.78, 5) is 10.9. The number of carbonyl (C=O) groups excluding carboxylic acids is 1. The Bertz CT molecular complexity index is 445. The van der Waals surface area contributed by atoms with Crippen LogP contribution in [-0.4, -0.2) is 5.12 Å². The Labute approximate surface area is 87.0 Å². The second kappa shape index (κ2) is 3.72. The summed E-state index contributed by atoms with van der Waals surface area (Å²) in [6.45, 7) is 0. The molecule has 0 spiro atoms. The highest BCUT2D eigenvalue weighted by molar-refractivity contribution is 7.97. The normalized spacial score (nSPS) is 10.1. The van der Waals surface area contributed by atoms with Crippen molar-refractivity contribution < 1.29 is 9.21 Å². The first kappa shape index (κ1) is 9.09. The molecule has 2 nitrogen and oxygen atoms in total. The Morgan fingerprint density at radius 3 is 2.50 bits per heavy atom. The van der Waals surface area contributed by atoms with Gasteiger partial charge in [0.2, 0.25) is 5.12 Å². The van der Waals surface area contributed by atoms with E-state index >= 15 is 0 Å². The molecule has 0 saturated carbocycles. The van der Waals surface area contributed by atoms with Gasteiger partial charge in [0.25, 0.3) is 0 Å². The molecular formula is C11H8O2S. The van der Waals surface area contributed by atoms with Crippen LogP contribution in [0, 0.1) is 0 Å². The van der Waals surface area contributed by atoms with Crippen molar-refractivity contribution in [2.24, 2.45) is 0 Å². The highest BCUT2D eigenvalue weighted by Crippen LogP contribution is 2.22. The molecule has 0 fully saturated rings. The zero-order valence-corrected chi connectivity index (χ0v) is 8.20. The molecular weight excluding hydrogens is 196 g/mol. The molecule has 1 aromatic heterocycles. The summed E-state index contributed by atoms with van der Waals surface area (Å²) in [5.41, 5.74) is 1.43. The fraction of sp³-hybridized carbons (Fsp3) is 0. The van der Waals surface area contributed by atoms with Crippen LogP contribution >= 0.6 is 12.6 Å². The summed E-state index contributed by atoms with van der Waals surface area (Å²) in [7, 11) is 0. The lowest BCUT2D eigenvalue weighted by atomic mass is 10.1. The zero-order valence-electron chi connectivity index (χ0n) is 7.31. The molecule has 0 N–H and O–H groups in total. The fourth-order valence-corrected chi connectivity index (χ4v) is 1.32. The molecule has 70 valence electrons. The number of hydrogen-bond acceptors (Lipinski definition) is 2. The van der Waals surface area contributed by atoms with E-state index in [1.165, 1.54) is 6.26 Å². The second-order valence-electron chi connectivity index (χ2n) is 2.87. The third-order valence-corrected chi connectivity index (χ3v) is 2.16. The predicted octanol–water partition coefficient (Wildman–Crippen LogP) is 3.02. The smallest absolute Gasteiger partial charge is 0.219 e. The van der Waals surface area contributed by atoms with Crippen LogP contribution < -0.4 is 0 Å². The van der Waals surface area contributed by atoms with Crippen molar-refractivity contribution in [3.05, 3.63) is 48.2 Å². The van der Waals surface area contributed by atoms with E-state index in [1.54, 1.807) is 6.07 Å². The molecule has 0 radical (unpaired) electrons. The highest BCUT2D eigenvalue weighted by Gasteiger charge is 2.07. The van der Waals surface area contributed by atoms with E-state index in [0.717, 1.165) is 5.56 Å². The van der Waals surface area contributed by atoms with Crippen LogP contribution in [0.15, 0.2) is 47.1 Å². The van der Waals surface area contributed by atoms with E-state index in [4.69, 9.17) is 4.42 Å². The van der Waals surface area contributed by atoms with Crippen molar-refractivity contribution >= 4 is 17.7 Å². The van der Waals surface area contributed by atoms with Gasteiger partial charge in [-0.2, -0.15) is 0 Å². The van der Waals surface area contributed by atoms with Gasteiger partial charge in [-0.25, -0.2) is 0 Å². The number of furan rings is 1. The Morgan fingerprint density at radius 2 is 1.93 bits per heavy atom. The molecule has 0 aliphatic heterocycles. The zero-order chi connectivity index (χ0) is 9.97. The van der Waals surface area contributed by atoms with E-state index in [9.17, 15) is 4.79 Å². The third-order valence-electron chi connectivity index (χ3n) is 1.90. The number of carbonyl (C=O) groups is 1. The van der Waals surface area contributed by atoms with Gasteiger partial charge in [0.1, 0.15) is 12.0 Å². The number of thiol groups is 1. The van der Waals surface area contributed by atoms with Gasteiger partial charge in [0.05, 0.1) is 5.56 Å². The Hall–Kier alpha value is -1.48. The van der Waals surface area contributed by atoms with Crippen molar-refractivity contribution in [3.8, 4) is 11.3 Å². The molecule has 2 rings (SSSR count). The Balaban J connectivity index is 2.39. The number of hydrogen-bond donors (Lipinski definition) is 1. The molecule has 3 heteroatoms. The van der Waals surface area contributed by atoms with E-state index in [1.807, 2.05) is 30.3 Å². The van der Waals surface area contributed by atoms with Crippen LogP contribution in [0.4, 0.5) is 0 Å². The van der Waals surface area contributed by atoms with Crippen LogP contribution in [0.5, 0.6) is 0 Å². The minimum Gasteiger partial charge on any atom is -0.464 e. The molecule has 2 aromatic rings. The average molecular weight is 204 g/mol. The van der Waals surface area contributed by atoms with Crippen molar-refractivity contribution in [1.29, 1.82) is 0 Å². The first-order valence-corrected chi connectivity index (χ1v) is 4.59. The van der Waals surface area contributed by atoms with Gasteiger partial charge < -0.3 is 4.42 Å². The topological polar surface area (TPSA) is 30.2 Å². The Morgan fingerprint density at radius 1 is 1.21 bits per heavy atom. The second-order valence-corrected chi connectivity index (χ2v) is 3.28. The minimum atomic E-state index is -0.282. The molecule has 0 atom stereocenters. The molecule has 0 aliphatic carbocycles. The van der Waals surface area contributed by atoms with Crippen LogP contribution in [0.25, 0.3) is 11.3 Å². The first-order valence-electron chi connectivity index (χ1n) is 4.14. The van der Waals surface area contributed by atoms with E-state index in [2.05, 4.69) is 12.6 Å². The number of benzene rings is 1. The van der Waals surface area contributed by atoms with E-state index in [0.29, 0.717) is 11.3 Å². The lowest BCUT2D eigenvalue weighted by Gasteiger charge is -1.92. The summed E-state index contributed by atoms with van der Waals surface area (Å²) < 4.78 is 5.24. The maximum atomic E-state index is 10.9. The van der Waals surface area contributed by atoms with E-state index < -0.39 is 0 Å². The maximum Gasteiger partial charge on any atom is 0.219 e. The first-order chi connectivity index (χ1) is 6.77. The minimum absolute atomic E-state index is 0.282. The van der Waals surface area contributed by atoms with Gasteiger partial charge in [-0.15, -0.1) is 12.6 Å². The molecule has 0 bridgehead atoms. The largest absolute Gasteiger partial charge is 0.464 e. The maximum absolute atomic E-state index is 10.9. The van der Waals surface area contributed by atoms with Crippen LogP contribution in [0.1, 0.15) is 10.4 Å². The van der Waals surface area contributed by atoms with Crippen molar-refractivity contribution in [1.82, 2.24) is 0 Å². The van der Waals surface area contributed by atoms with Crippen LogP contribution in [0.3, 0.4) is 0 Å². The summed E-state index contributed by atoms with van der Waals surface area (Å²) in [5, 5.41) is -0.282. The molecule has 0 unspecified atom stereocenters. The fourth-order valence-electron chi connectivity index (χ4n) is 1.20.